The normalized spacial score (nSPS) is 12.1. The van der Waals surface area contributed by atoms with E-state index in [1.165, 1.54) is 12.1 Å². The molecule has 2 rings (SSSR count). The Morgan fingerprint density at radius 3 is 2.64 bits per heavy atom. The zero-order chi connectivity index (χ0) is 18.4. The van der Waals surface area contributed by atoms with Crippen LogP contribution >= 0.6 is 0 Å². The minimum atomic E-state index is -0.525. The molecule has 0 saturated carbocycles. The molecule has 0 aliphatic heterocycles. The summed E-state index contributed by atoms with van der Waals surface area (Å²) in [6.07, 6.45) is 0.639. The second-order valence-electron chi connectivity index (χ2n) is 6.62. The van der Waals surface area contributed by atoms with E-state index in [4.69, 9.17) is 10.5 Å². The van der Waals surface area contributed by atoms with Crippen LogP contribution in [-0.2, 0) is 11.4 Å². The van der Waals surface area contributed by atoms with E-state index in [9.17, 15) is 9.18 Å². The van der Waals surface area contributed by atoms with Gasteiger partial charge in [0.25, 0.3) is 0 Å². The predicted molar refractivity (Wildman–Crippen MR) is 98.0 cm³/mol. The highest BCUT2D eigenvalue weighted by molar-refractivity contribution is 5.95. The van der Waals surface area contributed by atoms with Crippen LogP contribution in [0.2, 0.25) is 0 Å². The van der Waals surface area contributed by atoms with Crippen LogP contribution in [-0.4, -0.2) is 11.9 Å². The van der Waals surface area contributed by atoms with Crippen LogP contribution < -0.4 is 15.8 Å². The maximum atomic E-state index is 13.2. The number of ether oxygens (including phenoxy) is 1. The van der Waals surface area contributed by atoms with Crippen molar-refractivity contribution in [3.63, 3.8) is 0 Å². The van der Waals surface area contributed by atoms with Crippen molar-refractivity contribution in [1.82, 2.24) is 0 Å². The molecule has 0 fully saturated rings. The Morgan fingerprint density at radius 1 is 1.24 bits per heavy atom. The number of halogens is 1. The first-order valence-electron chi connectivity index (χ1n) is 8.39. The largest absolute Gasteiger partial charge is 0.489 e. The van der Waals surface area contributed by atoms with E-state index in [0.29, 0.717) is 23.8 Å². The number of amides is 1. The van der Waals surface area contributed by atoms with Crippen molar-refractivity contribution in [2.45, 2.75) is 39.8 Å². The monoisotopic (exact) mass is 344 g/mol. The van der Waals surface area contributed by atoms with E-state index in [1.54, 1.807) is 24.3 Å². The minimum Gasteiger partial charge on any atom is -0.489 e. The Kier molecular flexibility index (Phi) is 6.53. The molecule has 0 aliphatic rings. The summed E-state index contributed by atoms with van der Waals surface area (Å²) in [5.41, 5.74) is 8.25. The number of nitrogens with two attached hydrogens (primary N) is 1. The van der Waals surface area contributed by atoms with E-state index >= 15 is 0 Å². The first kappa shape index (κ1) is 18.9. The molecule has 1 amide bonds. The van der Waals surface area contributed by atoms with Crippen LogP contribution in [0.3, 0.4) is 0 Å². The van der Waals surface area contributed by atoms with Crippen molar-refractivity contribution in [1.29, 1.82) is 0 Å². The molecule has 0 heterocycles. The van der Waals surface area contributed by atoms with E-state index in [0.717, 1.165) is 11.1 Å². The van der Waals surface area contributed by atoms with Crippen LogP contribution in [0.15, 0.2) is 42.5 Å². The first-order valence-corrected chi connectivity index (χ1v) is 8.39. The van der Waals surface area contributed by atoms with E-state index in [1.807, 2.05) is 26.8 Å². The molecular formula is C20H25FN2O2. The number of anilines is 1. The molecule has 0 aliphatic carbocycles. The van der Waals surface area contributed by atoms with Gasteiger partial charge in [-0.2, -0.15) is 0 Å². The molecule has 0 bridgehead atoms. The van der Waals surface area contributed by atoms with Gasteiger partial charge in [0, 0.05) is 5.69 Å². The van der Waals surface area contributed by atoms with Gasteiger partial charge in [-0.3, -0.25) is 4.79 Å². The summed E-state index contributed by atoms with van der Waals surface area (Å²) in [7, 11) is 0. The number of hydrogen-bond donors (Lipinski definition) is 2. The Morgan fingerprint density at radius 2 is 2.00 bits per heavy atom. The third kappa shape index (κ3) is 5.87. The molecule has 134 valence electrons. The predicted octanol–water partition coefficient (Wildman–Crippen LogP) is 4.03. The smallest absolute Gasteiger partial charge is 0.241 e. The van der Waals surface area contributed by atoms with Crippen LogP contribution in [0, 0.1) is 18.7 Å². The van der Waals surface area contributed by atoms with Crippen molar-refractivity contribution in [3.8, 4) is 5.75 Å². The van der Waals surface area contributed by atoms with Gasteiger partial charge in [-0.25, -0.2) is 4.39 Å². The van der Waals surface area contributed by atoms with Gasteiger partial charge < -0.3 is 15.8 Å². The number of rotatable bonds is 7. The molecule has 0 unspecified atom stereocenters. The zero-order valence-corrected chi connectivity index (χ0v) is 14.9. The maximum absolute atomic E-state index is 13.2. The zero-order valence-electron chi connectivity index (χ0n) is 14.9. The highest BCUT2D eigenvalue weighted by atomic mass is 19.1. The van der Waals surface area contributed by atoms with Gasteiger partial charge in [0.05, 0.1) is 6.04 Å². The average molecular weight is 344 g/mol. The summed E-state index contributed by atoms with van der Waals surface area (Å²) in [4.78, 5) is 12.1. The molecule has 5 heteroatoms. The summed E-state index contributed by atoms with van der Waals surface area (Å²) >= 11 is 0. The lowest BCUT2D eigenvalue weighted by Crippen LogP contribution is -2.36. The summed E-state index contributed by atoms with van der Waals surface area (Å²) in [6, 6.07) is 11.2. The lowest BCUT2D eigenvalue weighted by molar-refractivity contribution is -0.117. The Hall–Kier alpha value is -2.40. The number of aryl methyl sites for hydroxylation is 1. The topological polar surface area (TPSA) is 64.3 Å². The fourth-order valence-electron chi connectivity index (χ4n) is 2.50. The number of carbonyl (C=O) groups is 1. The van der Waals surface area contributed by atoms with Crippen molar-refractivity contribution >= 4 is 11.6 Å². The van der Waals surface area contributed by atoms with Crippen LogP contribution in [0.4, 0.5) is 10.1 Å². The third-order valence-electron chi connectivity index (χ3n) is 3.81. The molecule has 4 nitrogen and oxygen atoms in total. The fraction of sp³-hybridized carbons (Fsp3) is 0.350. The molecule has 25 heavy (non-hydrogen) atoms. The van der Waals surface area contributed by atoms with E-state index in [2.05, 4.69) is 5.32 Å². The van der Waals surface area contributed by atoms with Crippen molar-refractivity contribution in [3.05, 3.63) is 59.4 Å². The molecule has 1 atom stereocenters. The number of nitrogens with one attached hydrogen (secondary N) is 1. The van der Waals surface area contributed by atoms with Gasteiger partial charge in [0.15, 0.2) is 0 Å². The highest BCUT2D eigenvalue weighted by Gasteiger charge is 2.16. The Labute approximate surface area is 148 Å². The van der Waals surface area contributed by atoms with Crippen LogP contribution in [0.1, 0.15) is 31.4 Å². The second kappa shape index (κ2) is 8.62. The minimum absolute atomic E-state index is 0.190. The summed E-state index contributed by atoms with van der Waals surface area (Å²) in [5.74, 6) is 0.546. The second-order valence-corrected chi connectivity index (χ2v) is 6.62. The van der Waals surface area contributed by atoms with Gasteiger partial charge in [-0.1, -0.05) is 26.0 Å². The van der Waals surface area contributed by atoms with Gasteiger partial charge in [-0.05, 0) is 60.7 Å². The molecule has 2 aromatic carbocycles. The first-order chi connectivity index (χ1) is 11.8. The number of hydrogen-bond acceptors (Lipinski definition) is 3. The fourth-order valence-corrected chi connectivity index (χ4v) is 2.50. The molecule has 2 aromatic rings. The van der Waals surface area contributed by atoms with Gasteiger partial charge >= 0.3 is 0 Å². The molecule has 3 N–H and O–H groups in total. The Bertz CT molecular complexity index is 731. The lowest BCUT2D eigenvalue weighted by atomic mass is 10.0. The summed E-state index contributed by atoms with van der Waals surface area (Å²) < 4.78 is 18.9. The van der Waals surface area contributed by atoms with Crippen LogP contribution in [0.5, 0.6) is 5.75 Å². The van der Waals surface area contributed by atoms with Crippen molar-refractivity contribution in [2.75, 3.05) is 5.32 Å². The number of benzene rings is 2. The molecule has 0 aromatic heterocycles. The SMILES string of the molecule is Cc1cc(OCc2cccc(F)c2)ccc1NC(=O)[C@@H](N)CC(C)C. The lowest BCUT2D eigenvalue weighted by Gasteiger charge is -2.16. The van der Waals surface area contributed by atoms with Crippen molar-refractivity contribution < 1.29 is 13.9 Å². The third-order valence-corrected chi connectivity index (χ3v) is 3.81. The van der Waals surface area contributed by atoms with E-state index < -0.39 is 6.04 Å². The average Bonchev–Trinajstić information content (AvgIpc) is 2.54. The highest BCUT2D eigenvalue weighted by Crippen LogP contribution is 2.22. The summed E-state index contributed by atoms with van der Waals surface area (Å²) in [5, 5.41) is 2.85. The number of carbonyl (C=O) groups excluding carboxylic acids is 1. The van der Waals surface area contributed by atoms with Crippen LogP contribution in [0.25, 0.3) is 0 Å². The van der Waals surface area contributed by atoms with Gasteiger partial charge in [0.1, 0.15) is 18.2 Å². The van der Waals surface area contributed by atoms with Crippen molar-refractivity contribution in [2.24, 2.45) is 11.7 Å². The quantitative estimate of drug-likeness (QED) is 0.797. The molecular weight excluding hydrogens is 319 g/mol. The maximum Gasteiger partial charge on any atom is 0.241 e. The summed E-state index contributed by atoms with van der Waals surface area (Å²) in [6.45, 7) is 6.23. The van der Waals surface area contributed by atoms with E-state index in [-0.39, 0.29) is 18.3 Å². The molecule has 0 radical (unpaired) electrons. The molecule has 0 saturated heterocycles. The standard InChI is InChI=1S/C20H25FN2O2/c1-13(2)9-18(22)20(24)23-19-8-7-17(10-14(19)3)25-12-15-5-4-6-16(21)11-15/h4-8,10-11,13,18H,9,12,22H2,1-3H3,(H,23,24)/t18-/m0/s1. The van der Waals surface area contributed by atoms with Gasteiger partial charge in [-0.15, -0.1) is 0 Å². The Balaban J connectivity index is 1.97. The molecule has 0 spiro atoms. The van der Waals surface area contributed by atoms with Gasteiger partial charge in [0.2, 0.25) is 5.91 Å².